The van der Waals surface area contributed by atoms with Gasteiger partial charge in [0.1, 0.15) is 18.2 Å². The normalized spacial score (nSPS) is 34.7. The highest BCUT2D eigenvalue weighted by Gasteiger charge is 2.47. The summed E-state index contributed by atoms with van der Waals surface area (Å²) in [6.45, 7) is 2.24. The zero-order valence-corrected chi connectivity index (χ0v) is 10.8. The van der Waals surface area contributed by atoms with Crippen molar-refractivity contribution in [1.82, 2.24) is 5.32 Å². The molecule has 8 nitrogen and oxygen atoms in total. The SMILES string of the molecule is CCC(=O)OC1[C@H](O)C(CO)O[C@@H](O)[C@H]1NC(C)=O. The number of carbonyl (C=O) groups is 2. The molecular formula is C11H19NO7. The van der Waals surface area contributed by atoms with Crippen LogP contribution in [0.1, 0.15) is 20.3 Å². The minimum Gasteiger partial charge on any atom is -0.457 e. The zero-order valence-electron chi connectivity index (χ0n) is 10.8. The highest BCUT2D eigenvalue weighted by molar-refractivity contribution is 5.73. The molecule has 8 heteroatoms. The van der Waals surface area contributed by atoms with Crippen LogP contribution < -0.4 is 5.32 Å². The smallest absolute Gasteiger partial charge is 0.305 e. The fourth-order valence-corrected chi connectivity index (χ4v) is 1.85. The van der Waals surface area contributed by atoms with Crippen molar-refractivity contribution in [2.45, 2.75) is 50.9 Å². The van der Waals surface area contributed by atoms with Gasteiger partial charge < -0.3 is 30.1 Å². The first-order valence-electron chi connectivity index (χ1n) is 5.99. The fourth-order valence-electron chi connectivity index (χ4n) is 1.85. The largest absolute Gasteiger partial charge is 0.457 e. The number of esters is 1. The van der Waals surface area contributed by atoms with Crippen LogP contribution >= 0.6 is 0 Å². The Morgan fingerprint density at radius 2 is 2.00 bits per heavy atom. The predicted molar refractivity (Wildman–Crippen MR) is 61.7 cm³/mol. The summed E-state index contributed by atoms with van der Waals surface area (Å²) in [4.78, 5) is 22.4. The second-order valence-corrected chi connectivity index (χ2v) is 4.27. The van der Waals surface area contributed by atoms with Gasteiger partial charge in [0.2, 0.25) is 5.91 Å². The first-order valence-corrected chi connectivity index (χ1v) is 5.99. The average molecular weight is 277 g/mol. The first kappa shape index (κ1) is 15.8. The summed E-state index contributed by atoms with van der Waals surface area (Å²) in [5.41, 5.74) is 0. The van der Waals surface area contributed by atoms with E-state index in [1.54, 1.807) is 6.92 Å². The highest BCUT2D eigenvalue weighted by atomic mass is 16.6. The lowest BCUT2D eigenvalue weighted by molar-refractivity contribution is -0.258. The Balaban J connectivity index is 2.90. The molecule has 0 aromatic carbocycles. The number of ether oxygens (including phenoxy) is 2. The summed E-state index contributed by atoms with van der Waals surface area (Å²) in [5.74, 6) is -1.06. The first-order chi connectivity index (χ1) is 8.90. The van der Waals surface area contributed by atoms with Crippen LogP contribution in [0.15, 0.2) is 0 Å². The lowest BCUT2D eigenvalue weighted by Gasteiger charge is -2.41. The molecule has 0 radical (unpaired) electrons. The molecule has 110 valence electrons. The number of hydrogen-bond acceptors (Lipinski definition) is 7. The van der Waals surface area contributed by atoms with Gasteiger partial charge in [-0.25, -0.2) is 0 Å². The molecule has 1 fully saturated rings. The lowest BCUT2D eigenvalue weighted by atomic mass is 9.96. The fraction of sp³-hybridized carbons (Fsp3) is 0.818. The number of rotatable bonds is 4. The van der Waals surface area contributed by atoms with Crippen molar-refractivity contribution >= 4 is 11.9 Å². The third kappa shape index (κ3) is 3.87. The summed E-state index contributed by atoms with van der Waals surface area (Å²) in [6, 6.07) is -1.09. The van der Waals surface area contributed by atoms with E-state index in [2.05, 4.69) is 5.32 Å². The van der Waals surface area contributed by atoms with Crippen LogP contribution in [0.5, 0.6) is 0 Å². The van der Waals surface area contributed by atoms with Gasteiger partial charge in [0, 0.05) is 13.3 Å². The van der Waals surface area contributed by atoms with Gasteiger partial charge in [0.25, 0.3) is 0 Å². The predicted octanol–water partition coefficient (Wildman–Crippen LogP) is -2.12. The van der Waals surface area contributed by atoms with Crippen LogP contribution in [0.3, 0.4) is 0 Å². The standard InChI is InChI=1S/C11H19NO7/c1-3-7(15)19-10-8(12-5(2)14)11(17)18-6(4-13)9(10)16/h6,8-11,13,16-17H,3-4H2,1-2H3,(H,12,14)/t6?,8-,9+,10?,11+/m0/s1. The molecule has 2 unspecified atom stereocenters. The molecule has 1 saturated heterocycles. The zero-order chi connectivity index (χ0) is 14.6. The Morgan fingerprint density at radius 3 is 2.47 bits per heavy atom. The molecule has 1 heterocycles. The molecule has 1 amide bonds. The quantitative estimate of drug-likeness (QED) is 0.433. The topological polar surface area (TPSA) is 125 Å². The summed E-state index contributed by atoms with van der Waals surface area (Å²) < 4.78 is 9.97. The van der Waals surface area contributed by atoms with Gasteiger partial charge in [-0.3, -0.25) is 9.59 Å². The molecule has 5 atom stereocenters. The van der Waals surface area contributed by atoms with Gasteiger partial charge in [-0.1, -0.05) is 6.92 Å². The average Bonchev–Trinajstić information content (AvgIpc) is 2.36. The molecule has 1 aliphatic heterocycles. The minimum absolute atomic E-state index is 0.0801. The maximum absolute atomic E-state index is 11.3. The Kier molecular flexibility index (Phi) is 5.67. The molecule has 0 saturated carbocycles. The third-order valence-corrected chi connectivity index (χ3v) is 2.80. The maximum atomic E-state index is 11.3. The maximum Gasteiger partial charge on any atom is 0.305 e. The van der Waals surface area contributed by atoms with E-state index in [0.717, 1.165) is 0 Å². The van der Waals surface area contributed by atoms with E-state index < -0.39 is 49.1 Å². The van der Waals surface area contributed by atoms with Crippen LogP contribution in [0.2, 0.25) is 0 Å². The number of amides is 1. The Hall–Kier alpha value is -1.22. The number of aliphatic hydroxyl groups is 3. The summed E-state index contributed by atoms with van der Waals surface area (Å²) in [7, 11) is 0. The third-order valence-electron chi connectivity index (χ3n) is 2.80. The lowest BCUT2D eigenvalue weighted by Crippen LogP contribution is -2.65. The van der Waals surface area contributed by atoms with Crippen molar-refractivity contribution in [2.75, 3.05) is 6.61 Å². The second-order valence-electron chi connectivity index (χ2n) is 4.27. The molecule has 4 N–H and O–H groups in total. The number of hydrogen-bond donors (Lipinski definition) is 4. The monoisotopic (exact) mass is 277 g/mol. The molecule has 0 aliphatic carbocycles. The molecular weight excluding hydrogens is 258 g/mol. The molecule has 1 rings (SSSR count). The van der Waals surface area contributed by atoms with E-state index in [4.69, 9.17) is 14.6 Å². The van der Waals surface area contributed by atoms with Crippen LogP contribution in [0.25, 0.3) is 0 Å². The van der Waals surface area contributed by atoms with Crippen molar-refractivity contribution in [3.63, 3.8) is 0 Å². The van der Waals surface area contributed by atoms with E-state index >= 15 is 0 Å². The highest BCUT2D eigenvalue weighted by Crippen LogP contribution is 2.22. The van der Waals surface area contributed by atoms with E-state index in [-0.39, 0.29) is 6.42 Å². The van der Waals surface area contributed by atoms with E-state index in [1.165, 1.54) is 6.92 Å². The van der Waals surface area contributed by atoms with Crippen LogP contribution in [-0.2, 0) is 19.1 Å². The summed E-state index contributed by atoms with van der Waals surface area (Å²) in [5, 5.41) is 31.1. The van der Waals surface area contributed by atoms with Crippen LogP contribution in [0.4, 0.5) is 0 Å². The molecule has 0 spiro atoms. The van der Waals surface area contributed by atoms with Gasteiger partial charge in [0.15, 0.2) is 12.4 Å². The number of aliphatic hydroxyl groups excluding tert-OH is 3. The van der Waals surface area contributed by atoms with Crippen molar-refractivity contribution in [2.24, 2.45) is 0 Å². The molecule has 0 aromatic rings. The molecule has 1 aliphatic rings. The van der Waals surface area contributed by atoms with Gasteiger partial charge in [0.05, 0.1) is 6.61 Å². The number of carbonyl (C=O) groups excluding carboxylic acids is 2. The summed E-state index contributed by atoms with van der Waals surface area (Å²) >= 11 is 0. The van der Waals surface area contributed by atoms with Crippen molar-refractivity contribution in [3.8, 4) is 0 Å². The Morgan fingerprint density at radius 1 is 1.37 bits per heavy atom. The number of nitrogens with one attached hydrogen (secondary N) is 1. The van der Waals surface area contributed by atoms with Crippen molar-refractivity contribution in [1.29, 1.82) is 0 Å². The van der Waals surface area contributed by atoms with Gasteiger partial charge in [-0.2, -0.15) is 0 Å². The van der Waals surface area contributed by atoms with E-state index in [9.17, 15) is 19.8 Å². The van der Waals surface area contributed by atoms with Crippen LogP contribution in [0, 0.1) is 0 Å². The molecule has 0 aromatic heterocycles. The van der Waals surface area contributed by atoms with Gasteiger partial charge in [-0.15, -0.1) is 0 Å². The Labute approximate surface area is 110 Å². The van der Waals surface area contributed by atoms with E-state index in [0.29, 0.717) is 0 Å². The van der Waals surface area contributed by atoms with Gasteiger partial charge >= 0.3 is 5.97 Å². The van der Waals surface area contributed by atoms with Crippen molar-refractivity contribution in [3.05, 3.63) is 0 Å². The molecule has 0 bridgehead atoms. The minimum atomic E-state index is -1.49. The summed E-state index contributed by atoms with van der Waals surface area (Å²) in [6.07, 6.45) is -5.02. The molecule has 19 heavy (non-hydrogen) atoms. The second kappa shape index (κ2) is 6.80. The van der Waals surface area contributed by atoms with E-state index in [1.807, 2.05) is 0 Å². The van der Waals surface area contributed by atoms with Gasteiger partial charge in [-0.05, 0) is 0 Å². The van der Waals surface area contributed by atoms with Crippen molar-refractivity contribution < 1.29 is 34.4 Å². The van der Waals surface area contributed by atoms with Crippen LogP contribution in [-0.4, -0.2) is 64.4 Å². The Bertz CT molecular complexity index is 335.